The van der Waals surface area contributed by atoms with E-state index in [4.69, 9.17) is 10.5 Å². The van der Waals surface area contributed by atoms with Gasteiger partial charge in [-0.1, -0.05) is 0 Å². The lowest BCUT2D eigenvalue weighted by Crippen LogP contribution is -2.33. The normalized spacial score (nSPS) is 9.62. The van der Waals surface area contributed by atoms with Crippen LogP contribution in [0.2, 0.25) is 0 Å². The molecule has 0 bridgehead atoms. The van der Waals surface area contributed by atoms with Crippen molar-refractivity contribution in [1.82, 2.24) is 5.32 Å². The van der Waals surface area contributed by atoms with Gasteiger partial charge in [0.1, 0.15) is 5.75 Å². The fraction of sp³-hybridized carbons (Fsp3) is 0.200. The van der Waals surface area contributed by atoms with Gasteiger partial charge in [-0.2, -0.15) is 0 Å². The molecule has 1 aromatic rings. The van der Waals surface area contributed by atoms with Crippen LogP contribution in [0.1, 0.15) is 10.4 Å². The zero-order chi connectivity index (χ0) is 12.1. The van der Waals surface area contributed by atoms with E-state index in [-0.39, 0.29) is 12.5 Å². The van der Waals surface area contributed by atoms with Crippen LogP contribution in [0.3, 0.4) is 0 Å². The number of amides is 2. The van der Waals surface area contributed by atoms with Crippen LogP contribution in [0, 0.1) is 0 Å². The molecule has 86 valence electrons. The van der Waals surface area contributed by atoms with Gasteiger partial charge in [0.05, 0.1) is 19.2 Å². The van der Waals surface area contributed by atoms with Crippen LogP contribution < -0.4 is 15.8 Å². The Kier molecular flexibility index (Phi) is 4.30. The summed E-state index contributed by atoms with van der Waals surface area (Å²) in [6, 6.07) is 4.98. The van der Waals surface area contributed by atoms with E-state index in [1.807, 2.05) is 0 Å². The summed E-state index contributed by atoms with van der Waals surface area (Å²) >= 11 is 3.23. The molecule has 0 aliphatic carbocycles. The van der Waals surface area contributed by atoms with E-state index < -0.39 is 5.91 Å². The molecule has 0 spiro atoms. The van der Waals surface area contributed by atoms with Gasteiger partial charge < -0.3 is 15.8 Å². The fourth-order valence-corrected chi connectivity index (χ4v) is 1.49. The zero-order valence-corrected chi connectivity index (χ0v) is 10.2. The van der Waals surface area contributed by atoms with Gasteiger partial charge in [0, 0.05) is 4.47 Å². The molecular weight excluding hydrogens is 276 g/mol. The summed E-state index contributed by atoms with van der Waals surface area (Å²) in [5.74, 6) is -0.413. The third kappa shape index (κ3) is 3.23. The highest BCUT2D eigenvalue weighted by atomic mass is 79.9. The van der Waals surface area contributed by atoms with Gasteiger partial charge in [0.2, 0.25) is 5.91 Å². The average molecular weight is 287 g/mol. The van der Waals surface area contributed by atoms with Gasteiger partial charge in [0.15, 0.2) is 0 Å². The minimum absolute atomic E-state index is 0.192. The highest BCUT2D eigenvalue weighted by Crippen LogP contribution is 2.22. The molecule has 16 heavy (non-hydrogen) atoms. The molecule has 0 aromatic heterocycles. The summed E-state index contributed by atoms with van der Waals surface area (Å²) in [5.41, 5.74) is 5.31. The quantitative estimate of drug-likeness (QED) is 0.854. The van der Waals surface area contributed by atoms with Crippen LogP contribution in [-0.2, 0) is 4.79 Å². The smallest absolute Gasteiger partial charge is 0.252 e. The molecule has 0 aliphatic rings. The maximum atomic E-state index is 11.6. The number of primary amides is 1. The third-order valence-corrected chi connectivity index (χ3v) is 2.53. The fourth-order valence-electron chi connectivity index (χ4n) is 1.07. The third-order valence-electron chi connectivity index (χ3n) is 1.84. The predicted octanol–water partition coefficient (Wildman–Crippen LogP) is 0.673. The van der Waals surface area contributed by atoms with Crippen molar-refractivity contribution >= 4 is 27.7 Å². The number of hydrogen-bond acceptors (Lipinski definition) is 3. The van der Waals surface area contributed by atoms with E-state index >= 15 is 0 Å². The molecule has 1 rings (SSSR count). The number of rotatable bonds is 4. The zero-order valence-electron chi connectivity index (χ0n) is 8.62. The van der Waals surface area contributed by atoms with Crippen molar-refractivity contribution in [2.45, 2.75) is 0 Å². The molecule has 0 heterocycles. The highest BCUT2D eigenvalue weighted by Gasteiger charge is 2.11. The van der Waals surface area contributed by atoms with Gasteiger partial charge in [-0.25, -0.2) is 0 Å². The minimum atomic E-state index is -0.590. The van der Waals surface area contributed by atoms with Crippen molar-refractivity contribution in [1.29, 1.82) is 0 Å². The van der Waals surface area contributed by atoms with Gasteiger partial charge in [-0.15, -0.1) is 0 Å². The van der Waals surface area contributed by atoms with Crippen LogP contribution in [-0.4, -0.2) is 25.5 Å². The minimum Gasteiger partial charge on any atom is -0.497 e. The molecule has 3 N–H and O–H groups in total. The molecular formula is C10H11BrN2O3. The van der Waals surface area contributed by atoms with E-state index in [2.05, 4.69) is 21.2 Å². The first-order valence-corrected chi connectivity index (χ1v) is 5.24. The standard InChI is InChI=1S/C10H11BrN2O3/c1-16-6-2-3-8(11)7(4-6)10(15)13-5-9(12)14/h2-4H,5H2,1H3,(H2,12,14)(H,13,15). The number of nitrogens with one attached hydrogen (secondary N) is 1. The maximum Gasteiger partial charge on any atom is 0.252 e. The molecule has 5 nitrogen and oxygen atoms in total. The Hall–Kier alpha value is -1.56. The van der Waals surface area contributed by atoms with Crippen LogP contribution in [0.5, 0.6) is 5.75 Å². The topological polar surface area (TPSA) is 81.4 Å². The van der Waals surface area contributed by atoms with E-state index in [1.54, 1.807) is 18.2 Å². The number of hydrogen-bond donors (Lipinski definition) is 2. The number of carbonyl (C=O) groups is 2. The number of ether oxygens (including phenoxy) is 1. The van der Waals surface area contributed by atoms with E-state index in [9.17, 15) is 9.59 Å². The van der Waals surface area contributed by atoms with Crippen molar-refractivity contribution in [3.05, 3.63) is 28.2 Å². The highest BCUT2D eigenvalue weighted by molar-refractivity contribution is 9.10. The number of benzene rings is 1. The summed E-state index contributed by atoms with van der Waals surface area (Å²) in [6.45, 7) is -0.192. The Morgan fingerprint density at radius 2 is 2.19 bits per heavy atom. The molecule has 0 saturated heterocycles. The van der Waals surface area contributed by atoms with Gasteiger partial charge >= 0.3 is 0 Å². The summed E-state index contributed by atoms with van der Waals surface area (Å²) in [5, 5.41) is 2.39. The van der Waals surface area contributed by atoms with Crippen LogP contribution in [0.4, 0.5) is 0 Å². The van der Waals surface area contributed by atoms with Gasteiger partial charge in [-0.3, -0.25) is 9.59 Å². The maximum absolute atomic E-state index is 11.6. The second kappa shape index (κ2) is 5.50. The lowest BCUT2D eigenvalue weighted by atomic mass is 10.2. The van der Waals surface area contributed by atoms with Crippen LogP contribution >= 0.6 is 15.9 Å². The first kappa shape index (κ1) is 12.5. The van der Waals surface area contributed by atoms with E-state index in [0.717, 1.165) is 0 Å². The lowest BCUT2D eigenvalue weighted by molar-refractivity contribution is -0.117. The molecule has 0 fully saturated rings. The number of methoxy groups -OCH3 is 1. The second-order valence-corrected chi connectivity index (χ2v) is 3.85. The van der Waals surface area contributed by atoms with Crippen molar-refractivity contribution in [3.63, 3.8) is 0 Å². The Morgan fingerprint density at radius 3 is 2.75 bits per heavy atom. The van der Waals surface area contributed by atoms with Crippen molar-refractivity contribution in [2.75, 3.05) is 13.7 Å². The number of halogens is 1. The Morgan fingerprint density at radius 1 is 1.50 bits per heavy atom. The summed E-state index contributed by atoms with van der Waals surface area (Å²) in [7, 11) is 1.51. The SMILES string of the molecule is COc1ccc(Br)c(C(=O)NCC(N)=O)c1. The number of nitrogens with two attached hydrogens (primary N) is 1. The lowest BCUT2D eigenvalue weighted by Gasteiger charge is -2.07. The first-order valence-electron chi connectivity index (χ1n) is 4.44. The summed E-state index contributed by atoms with van der Waals surface area (Å²) in [6.07, 6.45) is 0. The summed E-state index contributed by atoms with van der Waals surface area (Å²) < 4.78 is 5.61. The molecule has 0 radical (unpaired) electrons. The van der Waals surface area contributed by atoms with Gasteiger partial charge in [0.25, 0.3) is 5.91 Å². The predicted molar refractivity (Wildman–Crippen MR) is 62.2 cm³/mol. The van der Waals surface area contributed by atoms with Crippen LogP contribution in [0.25, 0.3) is 0 Å². The number of carbonyl (C=O) groups excluding carboxylic acids is 2. The Balaban J connectivity index is 2.85. The molecule has 0 unspecified atom stereocenters. The molecule has 0 atom stereocenters. The van der Waals surface area contributed by atoms with Crippen molar-refractivity contribution < 1.29 is 14.3 Å². The molecule has 6 heteroatoms. The monoisotopic (exact) mass is 286 g/mol. The van der Waals surface area contributed by atoms with Gasteiger partial charge in [-0.05, 0) is 34.1 Å². The molecule has 0 saturated carbocycles. The molecule has 2 amide bonds. The van der Waals surface area contributed by atoms with Crippen molar-refractivity contribution in [3.8, 4) is 5.75 Å². The van der Waals surface area contributed by atoms with Crippen LogP contribution in [0.15, 0.2) is 22.7 Å². The Bertz CT molecular complexity index is 421. The second-order valence-electron chi connectivity index (χ2n) is 2.99. The molecule has 1 aromatic carbocycles. The summed E-state index contributed by atoms with van der Waals surface area (Å²) in [4.78, 5) is 22.1. The van der Waals surface area contributed by atoms with E-state index in [1.165, 1.54) is 7.11 Å². The molecule has 0 aliphatic heterocycles. The first-order chi connectivity index (χ1) is 7.54. The Labute approximate surface area is 101 Å². The van der Waals surface area contributed by atoms with Crippen molar-refractivity contribution in [2.24, 2.45) is 5.73 Å². The largest absolute Gasteiger partial charge is 0.497 e. The average Bonchev–Trinajstić information content (AvgIpc) is 2.26. The van der Waals surface area contributed by atoms with E-state index in [0.29, 0.717) is 15.8 Å².